The van der Waals surface area contributed by atoms with E-state index >= 15 is 0 Å². The summed E-state index contributed by atoms with van der Waals surface area (Å²) < 4.78 is 1.78. The maximum absolute atomic E-state index is 12.9. The Morgan fingerprint density at radius 3 is 2.57 bits per heavy atom. The van der Waals surface area contributed by atoms with E-state index in [2.05, 4.69) is 27.6 Å². The number of anilines is 2. The van der Waals surface area contributed by atoms with E-state index in [0.717, 1.165) is 48.4 Å². The van der Waals surface area contributed by atoms with Crippen molar-refractivity contribution in [3.8, 4) is 0 Å². The standard InChI is InChI=1S/C28H27N5O2/c1-32(22-8-4-2-5-9-22)23-14-11-20(12-15-23)19-29-31-27(34)21-13-16-24-25(18-21)30-26-10-6-3-7-17-33(26)28(24)35/h2,4-5,8-9,11-16,18-19H,3,6-7,10,17H2,1H3,(H,31,34). The Bertz CT molecular complexity index is 1440. The number of carbonyl (C=O) groups is 1. The summed E-state index contributed by atoms with van der Waals surface area (Å²) >= 11 is 0. The van der Waals surface area contributed by atoms with Crippen LogP contribution in [0.15, 0.2) is 82.7 Å². The lowest BCUT2D eigenvalue weighted by Crippen LogP contribution is -2.25. The number of amides is 1. The van der Waals surface area contributed by atoms with Crippen molar-refractivity contribution in [2.24, 2.45) is 5.10 Å². The number of hydrogen-bond acceptors (Lipinski definition) is 5. The van der Waals surface area contributed by atoms with E-state index in [1.165, 1.54) is 0 Å². The van der Waals surface area contributed by atoms with Gasteiger partial charge in [-0.25, -0.2) is 10.4 Å². The molecule has 35 heavy (non-hydrogen) atoms. The average molecular weight is 466 g/mol. The summed E-state index contributed by atoms with van der Waals surface area (Å²) in [6, 6.07) is 23.0. The number of fused-ring (bicyclic) bond motifs is 2. The lowest BCUT2D eigenvalue weighted by atomic mass is 10.1. The van der Waals surface area contributed by atoms with Gasteiger partial charge in [0.1, 0.15) is 5.82 Å². The van der Waals surface area contributed by atoms with Gasteiger partial charge in [-0.2, -0.15) is 5.10 Å². The van der Waals surface area contributed by atoms with Crippen molar-refractivity contribution in [2.45, 2.75) is 32.2 Å². The lowest BCUT2D eigenvalue weighted by molar-refractivity contribution is 0.0955. The van der Waals surface area contributed by atoms with E-state index in [0.29, 0.717) is 23.0 Å². The third kappa shape index (κ3) is 4.84. The maximum Gasteiger partial charge on any atom is 0.271 e. The zero-order chi connectivity index (χ0) is 24.2. The maximum atomic E-state index is 12.9. The molecule has 0 unspecified atom stereocenters. The van der Waals surface area contributed by atoms with Crippen molar-refractivity contribution in [1.82, 2.24) is 15.0 Å². The summed E-state index contributed by atoms with van der Waals surface area (Å²) in [5.41, 5.74) is 6.53. The molecule has 1 amide bonds. The van der Waals surface area contributed by atoms with E-state index in [9.17, 15) is 9.59 Å². The number of aromatic nitrogens is 2. The van der Waals surface area contributed by atoms with Crippen LogP contribution in [-0.2, 0) is 13.0 Å². The molecular formula is C28H27N5O2. The number of para-hydroxylation sites is 1. The largest absolute Gasteiger partial charge is 0.345 e. The SMILES string of the molecule is CN(c1ccccc1)c1ccc(C=NNC(=O)c2ccc3c(=O)n4c(nc3c2)CCCCC4)cc1. The van der Waals surface area contributed by atoms with Gasteiger partial charge in [-0.3, -0.25) is 14.2 Å². The summed E-state index contributed by atoms with van der Waals surface area (Å²) in [6.45, 7) is 0.706. The predicted molar refractivity (Wildman–Crippen MR) is 140 cm³/mol. The normalized spacial score (nSPS) is 13.4. The number of nitrogens with one attached hydrogen (secondary N) is 1. The zero-order valence-electron chi connectivity index (χ0n) is 19.6. The summed E-state index contributed by atoms with van der Waals surface area (Å²) in [5, 5.41) is 4.64. The molecule has 0 radical (unpaired) electrons. The second-order valence-corrected chi connectivity index (χ2v) is 8.71. The van der Waals surface area contributed by atoms with Crippen LogP contribution in [-0.4, -0.2) is 28.7 Å². The van der Waals surface area contributed by atoms with Crippen LogP contribution < -0.4 is 15.9 Å². The van der Waals surface area contributed by atoms with E-state index in [4.69, 9.17) is 4.98 Å². The highest BCUT2D eigenvalue weighted by molar-refractivity contribution is 5.98. The van der Waals surface area contributed by atoms with Crippen LogP contribution in [0.1, 0.15) is 41.0 Å². The van der Waals surface area contributed by atoms with Crippen molar-refractivity contribution in [3.05, 3.63) is 100 Å². The molecule has 7 heteroatoms. The molecule has 176 valence electrons. The van der Waals surface area contributed by atoms with Crippen molar-refractivity contribution < 1.29 is 4.79 Å². The van der Waals surface area contributed by atoms with Crippen molar-refractivity contribution in [1.29, 1.82) is 0 Å². The number of nitrogens with zero attached hydrogens (tertiary/aromatic N) is 4. The minimum atomic E-state index is -0.347. The van der Waals surface area contributed by atoms with Crippen LogP contribution in [0, 0.1) is 0 Å². The summed E-state index contributed by atoms with van der Waals surface area (Å²) in [4.78, 5) is 32.3. The number of rotatable bonds is 5. The molecule has 1 N–H and O–H groups in total. The van der Waals surface area contributed by atoms with Gasteiger partial charge >= 0.3 is 0 Å². The molecule has 1 aliphatic heterocycles. The average Bonchev–Trinajstić information content (AvgIpc) is 3.15. The zero-order valence-corrected chi connectivity index (χ0v) is 19.6. The Kier molecular flexibility index (Phi) is 6.39. The predicted octanol–water partition coefficient (Wildman–Crippen LogP) is 4.65. The van der Waals surface area contributed by atoms with Crippen molar-refractivity contribution in [3.63, 3.8) is 0 Å². The van der Waals surface area contributed by atoms with Crippen molar-refractivity contribution >= 4 is 34.4 Å². The molecule has 0 fully saturated rings. The Hall–Kier alpha value is -4.26. The van der Waals surface area contributed by atoms with Gasteiger partial charge in [0.05, 0.1) is 17.1 Å². The first-order valence-electron chi connectivity index (χ1n) is 11.9. The molecule has 0 atom stereocenters. The van der Waals surface area contributed by atoms with E-state index in [1.54, 1.807) is 29.0 Å². The molecule has 4 aromatic rings. The van der Waals surface area contributed by atoms with Gasteiger partial charge in [0, 0.05) is 37.0 Å². The highest BCUT2D eigenvalue weighted by Crippen LogP contribution is 2.23. The van der Waals surface area contributed by atoms with Crippen molar-refractivity contribution in [2.75, 3.05) is 11.9 Å². The Morgan fingerprint density at radius 1 is 1.00 bits per heavy atom. The smallest absolute Gasteiger partial charge is 0.271 e. The Balaban J connectivity index is 1.28. The monoisotopic (exact) mass is 465 g/mol. The Labute approximate surface area is 203 Å². The number of benzene rings is 3. The third-order valence-corrected chi connectivity index (χ3v) is 6.38. The molecule has 0 spiro atoms. The molecule has 0 aliphatic carbocycles. The number of aryl methyl sites for hydroxylation is 1. The molecule has 0 saturated heterocycles. The minimum Gasteiger partial charge on any atom is -0.345 e. The number of carbonyl (C=O) groups excluding carboxylic acids is 1. The number of hydrazone groups is 1. The van der Waals surface area contributed by atoms with Crippen LogP contribution >= 0.6 is 0 Å². The lowest BCUT2D eigenvalue weighted by Gasteiger charge is -2.19. The molecular weight excluding hydrogens is 438 g/mol. The van der Waals surface area contributed by atoms with Gasteiger partial charge in [0.25, 0.3) is 11.5 Å². The minimum absolute atomic E-state index is 0.0294. The van der Waals surface area contributed by atoms with Gasteiger partial charge in [0.2, 0.25) is 0 Å². The first-order valence-corrected chi connectivity index (χ1v) is 11.9. The van der Waals surface area contributed by atoms with Gasteiger partial charge in [0.15, 0.2) is 0 Å². The third-order valence-electron chi connectivity index (χ3n) is 6.38. The van der Waals surface area contributed by atoms with Crippen LogP contribution in [0.2, 0.25) is 0 Å². The molecule has 5 rings (SSSR count). The second kappa shape index (κ2) is 9.93. The highest BCUT2D eigenvalue weighted by Gasteiger charge is 2.15. The summed E-state index contributed by atoms with van der Waals surface area (Å²) in [7, 11) is 2.02. The van der Waals surface area contributed by atoms with Crippen LogP contribution in [0.25, 0.3) is 10.9 Å². The van der Waals surface area contributed by atoms with Gasteiger partial charge < -0.3 is 4.90 Å². The van der Waals surface area contributed by atoms with E-state index in [1.807, 2.05) is 49.5 Å². The fourth-order valence-electron chi connectivity index (χ4n) is 4.37. The quantitative estimate of drug-likeness (QED) is 0.344. The van der Waals surface area contributed by atoms with Gasteiger partial charge in [-0.05, 0) is 60.9 Å². The fourth-order valence-corrected chi connectivity index (χ4v) is 4.37. The Morgan fingerprint density at radius 2 is 1.77 bits per heavy atom. The van der Waals surface area contributed by atoms with E-state index < -0.39 is 0 Å². The van der Waals surface area contributed by atoms with Crippen LogP contribution in [0.3, 0.4) is 0 Å². The number of hydrogen-bond donors (Lipinski definition) is 1. The molecule has 0 bridgehead atoms. The first kappa shape index (κ1) is 22.5. The molecule has 0 saturated carbocycles. The topological polar surface area (TPSA) is 79.6 Å². The molecule has 1 aromatic heterocycles. The van der Waals surface area contributed by atoms with Gasteiger partial charge in [-0.15, -0.1) is 0 Å². The molecule has 7 nitrogen and oxygen atoms in total. The summed E-state index contributed by atoms with van der Waals surface area (Å²) in [5.74, 6) is 0.456. The first-order chi connectivity index (χ1) is 17.1. The molecule has 2 heterocycles. The van der Waals surface area contributed by atoms with Crippen LogP contribution in [0.4, 0.5) is 11.4 Å². The highest BCUT2D eigenvalue weighted by atomic mass is 16.2. The van der Waals surface area contributed by atoms with E-state index in [-0.39, 0.29) is 11.5 Å². The van der Waals surface area contributed by atoms with Gasteiger partial charge in [-0.1, -0.05) is 36.8 Å². The molecule has 1 aliphatic rings. The summed E-state index contributed by atoms with van der Waals surface area (Å²) in [6.07, 6.45) is 5.50. The molecule has 3 aromatic carbocycles. The van der Waals surface area contributed by atoms with Crippen LogP contribution in [0.5, 0.6) is 0 Å². The second-order valence-electron chi connectivity index (χ2n) is 8.71. The fraction of sp³-hybridized carbons (Fsp3) is 0.214.